The molecule has 0 spiro atoms. The van der Waals surface area contributed by atoms with Gasteiger partial charge in [0, 0.05) is 19.3 Å². The first-order valence-corrected chi connectivity index (χ1v) is 6.28. The number of benzene rings is 1. The highest BCUT2D eigenvalue weighted by Gasteiger charge is 2.32. The highest BCUT2D eigenvalue weighted by atomic mass is 16.5. The van der Waals surface area contributed by atoms with Gasteiger partial charge in [-0.1, -0.05) is 0 Å². The maximum absolute atomic E-state index is 9.66. The number of anilines is 1. The molecule has 0 aromatic heterocycles. The molecule has 1 saturated heterocycles. The van der Waals surface area contributed by atoms with Gasteiger partial charge < -0.3 is 19.9 Å². The summed E-state index contributed by atoms with van der Waals surface area (Å²) in [7, 11) is 1.58. The van der Waals surface area contributed by atoms with Crippen molar-refractivity contribution in [2.75, 3.05) is 32.2 Å². The molecule has 0 saturated carbocycles. The quantitative estimate of drug-likeness (QED) is 0.860. The van der Waals surface area contributed by atoms with E-state index in [9.17, 15) is 5.11 Å². The Morgan fingerprint density at radius 1 is 1.47 bits per heavy atom. The average Bonchev–Trinajstić information content (AvgIpc) is 2.48. The number of aliphatic hydroxyl groups excluding tert-OH is 1. The summed E-state index contributed by atoms with van der Waals surface area (Å²) >= 11 is 0. The van der Waals surface area contributed by atoms with Gasteiger partial charge in [0.2, 0.25) is 0 Å². The van der Waals surface area contributed by atoms with E-state index < -0.39 is 5.54 Å². The zero-order chi connectivity index (χ0) is 13.7. The number of rotatable bonds is 4. The van der Waals surface area contributed by atoms with Gasteiger partial charge in [-0.3, -0.25) is 0 Å². The molecule has 0 radical (unpaired) electrons. The molecular weight excluding hydrogens is 244 g/mol. The van der Waals surface area contributed by atoms with Crippen LogP contribution in [0.3, 0.4) is 0 Å². The molecule has 5 nitrogen and oxygen atoms in total. The van der Waals surface area contributed by atoms with E-state index in [4.69, 9.17) is 14.7 Å². The molecule has 1 aliphatic heterocycles. The van der Waals surface area contributed by atoms with Gasteiger partial charge in [-0.25, -0.2) is 0 Å². The summed E-state index contributed by atoms with van der Waals surface area (Å²) in [5.74, 6) is 0.682. The molecule has 0 bridgehead atoms. The van der Waals surface area contributed by atoms with Crippen molar-refractivity contribution in [2.24, 2.45) is 0 Å². The third-order valence-electron chi connectivity index (χ3n) is 3.50. The fourth-order valence-electron chi connectivity index (χ4n) is 2.22. The highest BCUT2D eigenvalue weighted by molar-refractivity contribution is 5.61. The maximum atomic E-state index is 9.66. The number of methoxy groups -OCH3 is 1. The molecule has 102 valence electrons. The average molecular weight is 262 g/mol. The number of ether oxygens (including phenoxy) is 2. The first kappa shape index (κ1) is 13.7. The largest absolute Gasteiger partial charge is 0.497 e. The second-order valence-electron chi connectivity index (χ2n) is 4.70. The van der Waals surface area contributed by atoms with Crippen LogP contribution in [0, 0.1) is 11.3 Å². The van der Waals surface area contributed by atoms with E-state index >= 15 is 0 Å². The Morgan fingerprint density at radius 2 is 2.21 bits per heavy atom. The van der Waals surface area contributed by atoms with Crippen LogP contribution in [0.4, 0.5) is 5.69 Å². The smallest absolute Gasteiger partial charge is 0.121 e. The SMILES string of the molecule is COc1ccc(C#N)c(NC2(CO)CCOCC2)c1. The van der Waals surface area contributed by atoms with Gasteiger partial charge in [-0.05, 0) is 25.0 Å². The van der Waals surface area contributed by atoms with Crippen LogP contribution in [0.2, 0.25) is 0 Å². The maximum Gasteiger partial charge on any atom is 0.121 e. The molecule has 2 N–H and O–H groups in total. The summed E-state index contributed by atoms with van der Waals surface area (Å²) in [4.78, 5) is 0. The summed E-state index contributed by atoms with van der Waals surface area (Å²) in [6, 6.07) is 7.39. The van der Waals surface area contributed by atoms with Gasteiger partial charge >= 0.3 is 0 Å². The summed E-state index contributed by atoms with van der Waals surface area (Å²) in [5.41, 5.74) is 0.814. The van der Waals surface area contributed by atoms with E-state index in [0.717, 1.165) is 0 Å². The number of nitrogens with one attached hydrogen (secondary N) is 1. The summed E-state index contributed by atoms with van der Waals surface area (Å²) in [6.45, 7) is 1.23. The third-order valence-corrected chi connectivity index (χ3v) is 3.50. The zero-order valence-electron chi connectivity index (χ0n) is 11.0. The molecular formula is C14H18N2O3. The first-order valence-electron chi connectivity index (χ1n) is 6.28. The van der Waals surface area contributed by atoms with Gasteiger partial charge in [0.1, 0.15) is 11.8 Å². The molecule has 1 aromatic carbocycles. The molecule has 1 aromatic rings. The lowest BCUT2D eigenvalue weighted by Crippen LogP contribution is -2.47. The monoisotopic (exact) mass is 262 g/mol. The molecule has 19 heavy (non-hydrogen) atoms. The molecule has 1 heterocycles. The van der Waals surface area contributed by atoms with Crippen molar-refractivity contribution in [3.8, 4) is 11.8 Å². The number of hydrogen-bond acceptors (Lipinski definition) is 5. The van der Waals surface area contributed by atoms with Gasteiger partial charge in [0.15, 0.2) is 0 Å². The van der Waals surface area contributed by atoms with Crippen molar-refractivity contribution >= 4 is 5.69 Å². The normalized spacial score (nSPS) is 17.5. The van der Waals surface area contributed by atoms with E-state index in [1.165, 1.54) is 0 Å². The zero-order valence-corrected chi connectivity index (χ0v) is 11.0. The van der Waals surface area contributed by atoms with Crippen molar-refractivity contribution < 1.29 is 14.6 Å². The van der Waals surface area contributed by atoms with E-state index in [-0.39, 0.29) is 6.61 Å². The lowest BCUT2D eigenvalue weighted by Gasteiger charge is -2.37. The van der Waals surface area contributed by atoms with Crippen molar-refractivity contribution in [2.45, 2.75) is 18.4 Å². The van der Waals surface area contributed by atoms with Crippen LogP contribution in [0.15, 0.2) is 18.2 Å². The van der Waals surface area contributed by atoms with Crippen LogP contribution in [-0.4, -0.2) is 37.6 Å². The highest BCUT2D eigenvalue weighted by Crippen LogP contribution is 2.29. The molecule has 0 aliphatic carbocycles. The standard InChI is InChI=1S/C14H18N2O3/c1-18-12-3-2-11(9-15)13(8-12)16-14(10-17)4-6-19-7-5-14/h2-3,8,16-17H,4-7,10H2,1H3. The van der Waals surface area contributed by atoms with Crippen LogP contribution < -0.4 is 10.1 Å². The Labute approximate surface area is 112 Å². The van der Waals surface area contributed by atoms with Gasteiger partial charge in [0.05, 0.1) is 30.5 Å². The molecule has 0 atom stereocenters. The van der Waals surface area contributed by atoms with Crippen molar-refractivity contribution in [1.29, 1.82) is 5.26 Å². The summed E-state index contributed by atoms with van der Waals surface area (Å²) in [6.07, 6.45) is 1.43. The Kier molecular flexibility index (Phi) is 4.25. The van der Waals surface area contributed by atoms with E-state index in [2.05, 4.69) is 11.4 Å². The minimum absolute atomic E-state index is 0.0123. The van der Waals surface area contributed by atoms with Crippen LogP contribution in [-0.2, 0) is 4.74 Å². The molecule has 5 heteroatoms. The number of hydrogen-bond donors (Lipinski definition) is 2. The van der Waals surface area contributed by atoms with Crippen LogP contribution >= 0.6 is 0 Å². The Hall–Kier alpha value is -1.77. The Balaban J connectivity index is 2.27. The number of aliphatic hydroxyl groups is 1. The lowest BCUT2D eigenvalue weighted by atomic mass is 9.90. The predicted octanol–water partition coefficient (Wildman–Crippen LogP) is 1.52. The second-order valence-corrected chi connectivity index (χ2v) is 4.70. The third kappa shape index (κ3) is 2.98. The van der Waals surface area contributed by atoms with Gasteiger partial charge in [-0.15, -0.1) is 0 Å². The van der Waals surface area contributed by atoms with E-state index in [1.54, 1.807) is 25.3 Å². The molecule has 1 fully saturated rings. The molecule has 2 rings (SSSR count). The van der Waals surface area contributed by atoms with Crippen molar-refractivity contribution in [1.82, 2.24) is 0 Å². The molecule has 1 aliphatic rings. The van der Waals surface area contributed by atoms with Crippen molar-refractivity contribution in [3.05, 3.63) is 23.8 Å². The molecule has 0 unspecified atom stereocenters. The first-order chi connectivity index (χ1) is 9.23. The Morgan fingerprint density at radius 3 is 2.79 bits per heavy atom. The fourth-order valence-corrected chi connectivity index (χ4v) is 2.22. The Bertz CT molecular complexity index is 476. The van der Waals surface area contributed by atoms with Gasteiger partial charge in [0.25, 0.3) is 0 Å². The second kappa shape index (κ2) is 5.91. The summed E-state index contributed by atoms with van der Waals surface area (Å²) in [5, 5.41) is 22.1. The number of nitriles is 1. The van der Waals surface area contributed by atoms with Crippen LogP contribution in [0.25, 0.3) is 0 Å². The predicted molar refractivity (Wildman–Crippen MR) is 71.2 cm³/mol. The molecule has 0 amide bonds. The minimum atomic E-state index is -0.420. The fraction of sp³-hybridized carbons (Fsp3) is 0.500. The topological polar surface area (TPSA) is 74.5 Å². The summed E-state index contributed by atoms with van der Waals surface area (Å²) < 4.78 is 10.5. The minimum Gasteiger partial charge on any atom is -0.497 e. The van der Waals surface area contributed by atoms with Crippen molar-refractivity contribution in [3.63, 3.8) is 0 Å². The van der Waals surface area contributed by atoms with Gasteiger partial charge in [-0.2, -0.15) is 5.26 Å². The van der Waals surface area contributed by atoms with E-state index in [0.29, 0.717) is 43.1 Å². The van der Waals surface area contributed by atoms with E-state index in [1.807, 2.05) is 0 Å². The number of nitrogens with zero attached hydrogens (tertiary/aromatic N) is 1. The lowest BCUT2D eigenvalue weighted by molar-refractivity contribution is 0.0380. The van der Waals surface area contributed by atoms with Crippen LogP contribution in [0.5, 0.6) is 5.75 Å². The van der Waals surface area contributed by atoms with Crippen LogP contribution in [0.1, 0.15) is 18.4 Å².